The molecule has 0 saturated carbocycles. The largest absolute Gasteiger partial charge is 0.469 e. The Hall–Kier alpha value is -1.42. The molecule has 0 atom stereocenters. The molecule has 0 saturated heterocycles. The minimum absolute atomic E-state index is 0.0364. The second-order valence-electron chi connectivity index (χ2n) is 2.78. The summed E-state index contributed by atoms with van der Waals surface area (Å²) in [4.78, 5) is 11.0. The van der Waals surface area contributed by atoms with Crippen LogP contribution in [-0.2, 0) is 16.0 Å². The number of hydrogen-bond acceptors (Lipinski definition) is 4. The highest BCUT2D eigenvalue weighted by Gasteiger charge is 2.12. The van der Waals surface area contributed by atoms with E-state index in [-0.39, 0.29) is 6.42 Å². The van der Waals surface area contributed by atoms with Gasteiger partial charge in [-0.15, -0.1) is 0 Å². The number of halogens is 1. The van der Waals surface area contributed by atoms with Crippen molar-refractivity contribution in [2.45, 2.75) is 6.42 Å². The number of ether oxygens (including phenoxy) is 1. The van der Waals surface area contributed by atoms with Crippen LogP contribution in [0.15, 0.2) is 12.1 Å². The van der Waals surface area contributed by atoms with Crippen molar-refractivity contribution in [2.24, 2.45) is 0 Å². The third kappa shape index (κ3) is 2.09. The summed E-state index contributed by atoms with van der Waals surface area (Å²) in [7, 11) is 1.30. The Morgan fingerprint density at radius 1 is 1.50 bits per heavy atom. The van der Waals surface area contributed by atoms with E-state index in [2.05, 4.69) is 4.74 Å². The van der Waals surface area contributed by atoms with E-state index < -0.39 is 5.97 Å². The van der Waals surface area contributed by atoms with Crippen LogP contribution in [0.25, 0.3) is 0 Å². The van der Waals surface area contributed by atoms with Crippen molar-refractivity contribution in [3.8, 4) is 0 Å². The molecular weight excluding hydrogens is 204 g/mol. The molecule has 1 rings (SSSR count). The van der Waals surface area contributed by atoms with Gasteiger partial charge in [-0.1, -0.05) is 11.6 Å². The lowest BCUT2D eigenvalue weighted by Gasteiger charge is -2.09. The summed E-state index contributed by atoms with van der Waals surface area (Å²) < 4.78 is 4.51. The number of hydrogen-bond donors (Lipinski definition) is 2. The summed E-state index contributed by atoms with van der Waals surface area (Å²) in [6.07, 6.45) is 0.0364. The van der Waals surface area contributed by atoms with Crippen molar-refractivity contribution in [3.63, 3.8) is 0 Å². The molecule has 14 heavy (non-hydrogen) atoms. The molecule has 4 nitrogen and oxygen atoms in total. The first kappa shape index (κ1) is 10.7. The number of rotatable bonds is 2. The lowest BCUT2D eigenvalue weighted by atomic mass is 10.1. The van der Waals surface area contributed by atoms with Gasteiger partial charge in [0.1, 0.15) is 0 Å². The van der Waals surface area contributed by atoms with Gasteiger partial charge in [-0.25, -0.2) is 0 Å². The van der Waals surface area contributed by atoms with Gasteiger partial charge in [-0.3, -0.25) is 4.79 Å². The average molecular weight is 215 g/mol. The highest BCUT2D eigenvalue weighted by Crippen LogP contribution is 2.28. The Bertz CT molecular complexity index is 366. The van der Waals surface area contributed by atoms with E-state index in [1.54, 1.807) is 12.1 Å². The zero-order valence-corrected chi connectivity index (χ0v) is 8.47. The third-order valence-electron chi connectivity index (χ3n) is 1.89. The van der Waals surface area contributed by atoms with Crippen molar-refractivity contribution in [3.05, 3.63) is 22.7 Å². The molecule has 0 aliphatic carbocycles. The molecule has 0 amide bonds. The first-order valence-corrected chi connectivity index (χ1v) is 4.33. The second kappa shape index (κ2) is 4.19. The van der Waals surface area contributed by atoms with Gasteiger partial charge in [-0.2, -0.15) is 0 Å². The number of carbonyl (C=O) groups excluding carboxylic acids is 1. The van der Waals surface area contributed by atoms with Gasteiger partial charge in [0.05, 0.1) is 24.2 Å². The highest BCUT2D eigenvalue weighted by molar-refractivity contribution is 6.33. The Kier molecular flexibility index (Phi) is 3.19. The van der Waals surface area contributed by atoms with Crippen LogP contribution in [0.1, 0.15) is 5.56 Å². The molecule has 0 heterocycles. The van der Waals surface area contributed by atoms with Crippen LogP contribution in [-0.4, -0.2) is 13.1 Å². The minimum Gasteiger partial charge on any atom is -0.469 e. The number of nitrogen functional groups attached to an aromatic ring is 2. The molecule has 0 aromatic heterocycles. The zero-order valence-electron chi connectivity index (χ0n) is 7.71. The highest BCUT2D eigenvalue weighted by atomic mass is 35.5. The van der Waals surface area contributed by atoms with Crippen molar-refractivity contribution in [2.75, 3.05) is 18.6 Å². The average Bonchev–Trinajstić information content (AvgIpc) is 2.18. The standard InChI is InChI=1S/C9H11ClN2O2/c1-14-8(13)4-5-7(11)3-2-6(10)9(5)12/h2-3H,4,11-12H2,1H3. The molecule has 0 aliphatic heterocycles. The van der Waals surface area contributed by atoms with Gasteiger partial charge in [-0.05, 0) is 12.1 Å². The fourth-order valence-electron chi connectivity index (χ4n) is 1.07. The van der Waals surface area contributed by atoms with E-state index in [1.165, 1.54) is 7.11 Å². The van der Waals surface area contributed by atoms with Crippen molar-refractivity contribution in [1.29, 1.82) is 0 Å². The van der Waals surface area contributed by atoms with Gasteiger partial charge < -0.3 is 16.2 Å². The molecule has 0 bridgehead atoms. The Morgan fingerprint density at radius 3 is 2.71 bits per heavy atom. The smallest absolute Gasteiger partial charge is 0.310 e. The number of anilines is 2. The van der Waals surface area contributed by atoms with Crippen molar-refractivity contribution >= 4 is 28.9 Å². The van der Waals surface area contributed by atoms with Gasteiger partial charge in [0.15, 0.2) is 0 Å². The van der Waals surface area contributed by atoms with Crippen LogP contribution in [0, 0.1) is 0 Å². The normalized spacial score (nSPS) is 9.86. The van der Waals surface area contributed by atoms with Gasteiger partial charge in [0.2, 0.25) is 0 Å². The lowest BCUT2D eigenvalue weighted by molar-refractivity contribution is -0.139. The van der Waals surface area contributed by atoms with Crippen LogP contribution >= 0.6 is 11.6 Å². The predicted molar refractivity (Wildman–Crippen MR) is 56.0 cm³/mol. The van der Waals surface area contributed by atoms with E-state index in [0.29, 0.717) is 22.0 Å². The topological polar surface area (TPSA) is 78.3 Å². The van der Waals surface area contributed by atoms with Crippen LogP contribution in [0.5, 0.6) is 0 Å². The Morgan fingerprint density at radius 2 is 2.14 bits per heavy atom. The quantitative estimate of drug-likeness (QED) is 0.573. The molecule has 0 fully saturated rings. The van der Waals surface area contributed by atoms with Crippen LogP contribution < -0.4 is 11.5 Å². The maximum atomic E-state index is 11.0. The van der Waals surface area contributed by atoms with Gasteiger partial charge >= 0.3 is 5.97 Å². The van der Waals surface area contributed by atoms with E-state index in [4.69, 9.17) is 23.1 Å². The number of methoxy groups -OCH3 is 1. The molecule has 1 aromatic carbocycles. The Balaban J connectivity index is 3.06. The molecule has 5 heteroatoms. The molecule has 1 aromatic rings. The first-order valence-electron chi connectivity index (χ1n) is 3.95. The molecule has 4 N–H and O–H groups in total. The molecular formula is C9H11ClN2O2. The van der Waals surface area contributed by atoms with Crippen LogP contribution in [0.2, 0.25) is 5.02 Å². The maximum Gasteiger partial charge on any atom is 0.310 e. The Labute approximate surface area is 86.8 Å². The third-order valence-corrected chi connectivity index (χ3v) is 2.22. The summed E-state index contributed by atoms with van der Waals surface area (Å²) >= 11 is 5.78. The summed E-state index contributed by atoms with van der Waals surface area (Å²) in [6, 6.07) is 3.20. The van der Waals surface area contributed by atoms with Gasteiger partial charge in [0.25, 0.3) is 0 Å². The molecule has 0 aliphatic rings. The molecule has 76 valence electrons. The number of carbonyl (C=O) groups is 1. The molecule has 0 spiro atoms. The predicted octanol–water partition coefficient (Wildman–Crippen LogP) is 1.22. The van der Waals surface area contributed by atoms with Crippen LogP contribution in [0.3, 0.4) is 0 Å². The first-order chi connectivity index (χ1) is 6.56. The number of nitrogens with two attached hydrogens (primary N) is 2. The van der Waals surface area contributed by atoms with E-state index in [0.717, 1.165) is 0 Å². The fourth-order valence-corrected chi connectivity index (χ4v) is 1.24. The fraction of sp³-hybridized carbons (Fsp3) is 0.222. The van der Waals surface area contributed by atoms with Gasteiger partial charge in [0, 0.05) is 11.3 Å². The van der Waals surface area contributed by atoms with E-state index in [9.17, 15) is 4.79 Å². The molecule has 0 radical (unpaired) electrons. The molecule has 0 unspecified atom stereocenters. The lowest BCUT2D eigenvalue weighted by Crippen LogP contribution is -2.09. The van der Waals surface area contributed by atoms with E-state index >= 15 is 0 Å². The van der Waals surface area contributed by atoms with Crippen molar-refractivity contribution < 1.29 is 9.53 Å². The number of benzene rings is 1. The maximum absolute atomic E-state index is 11.0. The summed E-state index contributed by atoms with van der Waals surface area (Å²) in [5, 5.41) is 0.387. The summed E-state index contributed by atoms with van der Waals surface area (Å²) in [5.41, 5.74) is 12.6. The second-order valence-corrected chi connectivity index (χ2v) is 3.19. The SMILES string of the molecule is COC(=O)Cc1c(N)ccc(Cl)c1N. The minimum atomic E-state index is -0.398. The van der Waals surface area contributed by atoms with Crippen molar-refractivity contribution in [1.82, 2.24) is 0 Å². The summed E-state index contributed by atoms with van der Waals surface area (Å²) in [5.74, 6) is -0.398. The zero-order chi connectivity index (χ0) is 10.7. The van der Waals surface area contributed by atoms with Crippen LogP contribution in [0.4, 0.5) is 11.4 Å². The summed E-state index contributed by atoms with van der Waals surface area (Å²) in [6.45, 7) is 0. The monoisotopic (exact) mass is 214 g/mol. The van der Waals surface area contributed by atoms with E-state index in [1.807, 2.05) is 0 Å². The number of esters is 1.